The van der Waals surface area contributed by atoms with Crippen molar-refractivity contribution < 1.29 is 4.74 Å². The van der Waals surface area contributed by atoms with Crippen molar-refractivity contribution in [3.05, 3.63) is 30.2 Å². The van der Waals surface area contributed by atoms with Gasteiger partial charge in [0.15, 0.2) is 11.6 Å². The van der Waals surface area contributed by atoms with Crippen molar-refractivity contribution in [2.24, 2.45) is 10.4 Å². The number of fused-ring (bicyclic) bond motifs is 1. The molecule has 0 spiro atoms. The normalized spacial score (nSPS) is 16.1. The van der Waals surface area contributed by atoms with Crippen molar-refractivity contribution in [3.8, 4) is 0 Å². The van der Waals surface area contributed by atoms with E-state index in [2.05, 4.69) is 27.8 Å². The molecular weight excluding hydrogens is 467 g/mol. The highest BCUT2D eigenvalue weighted by Gasteiger charge is 2.33. The van der Waals surface area contributed by atoms with Gasteiger partial charge in [0.25, 0.3) is 0 Å². The number of aromatic nitrogens is 3. The third kappa shape index (κ3) is 6.04. The van der Waals surface area contributed by atoms with Gasteiger partial charge in [-0.25, -0.2) is 0 Å². The average Bonchev–Trinajstić information content (AvgIpc) is 3.32. The molecule has 0 radical (unpaired) electrons. The van der Waals surface area contributed by atoms with Gasteiger partial charge in [0, 0.05) is 46.0 Å². The molecule has 0 bridgehead atoms. The van der Waals surface area contributed by atoms with Crippen molar-refractivity contribution in [1.82, 2.24) is 25.2 Å². The van der Waals surface area contributed by atoms with E-state index < -0.39 is 0 Å². The van der Waals surface area contributed by atoms with Crippen LogP contribution in [0.15, 0.2) is 29.4 Å². The van der Waals surface area contributed by atoms with Crippen LogP contribution in [0.4, 0.5) is 0 Å². The van der Waals surface area contributed by atoms with Crippen LogP contribution in [0, 0.1) is 5.41 Å². The van der Waals surface area contributed by atoms with Crippen molar-refractivity contribution in [3.63, 3.8) is 0 Å². The van der Waals surface area contributed by atoms with Gasteiger partial charge in [0.2, 0.25) is 0 Å². The SMILES string of the molecule is CCNC(=NCC1(CCOC)CCCC1)NCCc1nnc2ccccn12.I. The molecule has 28 heavy (non-hydrogen) atoms. The van der Waals surface area contributed by atoms with Gasteiger partial charge in [-0.3, -0.25) is 9.39 Å². The smallest absolute Gasteiger partial charge is 0.191 e. The molecule has 0 aliphatic heterocycles. The number of ether oxygens (including phenoxy) is 1. The van der Waals surface area contributed by atoms with Crippen LogP contribution in [0.25, 0.3) is 5.65 Å². The first-order valence-electron chi connectivity index (χ1n) is 10.1. The lowest BCUT2D eigenvalue weighted by Gasteiger charge is -2.27. The predicted octanol–water partition coefficient (Wildman–Crippen LogP) is 3.04. The van der Waals surface area contributed by atoms with Gasteiger partial charge in [-0.2, -0.15) is 0 Å². The standard InChI is InChI=1S/C20H32N6O.HI/c1-3-21-19(23-16-20(12-15-27-2)10-5-6-11-20)22-13-9-18-25-24-17-8-4-7-14-26(17)18;/h4,7-8,14H,3,5-6,9-13,15-16H2,1-2H3,(H2,21,22,23);1H. The lowest BCUT2D eigenvalue weighted by atomic mass is 9.83. The van der Waals surface area contributed by atoms with Crippen molar-refractivity contribution >= 4 is 35.6 Å². The third-order valence-corrected chi connectivity index (χ3v) is 5.44. The van der Waals surface area contributed by atoms with Crippen LogP contribution in [0.1, 0.15) is 44.9 Å². The maximum absolute atomic E-state index is 5.33. The van der Waals surface area contributed by atoms with E-state index in [9.17, 15) is 0 Å². The molecule has 0 saturated heterocycles. The Morgan fingerprint density at radius 3 is 2.82 bits per heavy atom. The monoisotopic (exact) mass is 500 g/mol. The molecular formula is C20H33IN6O. The lowest BCUT2D eigenvalue weighted by molar-refractivity contribution is 0.141. The second-order valence-electron chi connectivity index (χ2n) is 7.37. The lowest BCUT2D eigenvalue weighted by Crippen LogP contribution is -2.39. The number of rotatable bonds is 9. The summed E-state index contributed by atoms with van der Waals surface area (Å²) >= 11 is 0. The first kappa shape index (κ1) is 22.9. The molecule has 0 amide bonds. The summed E-state index contributed by atoms with van der Waals surface area (Å²) in [5.74, 6) is 1.84. The van der Waals surface area contributed by atoms with Gasteiger partial charge in [-0.05, 0) is 43.7 Å². The minimum atomic E-state index is 0. The number of hydrogen-bond donors (Lipinski definition) is 2. The molecule has 2 N–H and O–H groups in total. The first-order chi connectivity index (χ1) is 13.3. The number of pyridine rings is 1. The van der Waals surface area contributed by atoms with Crippen LogP contribution in [-0.4, -0.2) is 53.9 Å². The Balaban J connectivity index is 0.00000280. The van der Waals surface area contributed by atoms with Crippen LogP contribution in [-0.2, 0) is 11.2 Å². The number of halogens is 1. The topological polar surface area (TPSA) is 75.8 Å². The summed E-state index contributed by atoms with van der Waals surface area (Å²) in [6.07, 6.45) is 9.02. The average molecular weight is 500 g/mol. The number of guanidine groups is 1. The Morgan fingerprint density at radius 1 is 1.25 bits per heavy atom. The van der Waals surface area contributed by atoms with Crippen molar-refractivity contribution in [2.45, 2.75) is 45.4 Å². The molecule has 2 aromatic heterocycles. The number of nitrogens with one attached hydrogen (secondary N) is 2. The largest absolute Gasteiger partial charge is 0.385 e. The Morgan fingerprint density at radius 2 is 2.07 bits per heavy atom. The first-order valence-corrected chi connectivity index (χ1v) is 10.1. The van der Waals surface area contributed by atoms with E-state index in [0.717, 1.165) is 56.5 Å². The van der Waals surface area contributed by atoms with E-state index in [1.807, 2.05) is 28.8 Å². The summed E-state index contributed by atoms with van der Waals surface area (Å²) in [6, 6.07) is 5.95. The highest BCUT2D eigenvalue weighted by molar-refractivity contribution is 14.0. The zero-order chi connectivity index (χ0) is 19.0. The molecule has 1 saturated carbocycles. The van der Waals surface area contributed by atoms with Crippen LogP contribution in [0.2, 0.25) is 0 Å². The van der Waals surface area contributed by atoms with E-state index in [0.29, 0.717) is 5.41 Å². The second kappa shape index (κ2) is 11.5. The Labute approximate surface area is 184 Å². The third-order valence-electron chi connectivity index (χ3n) is 5.44. The highest BCUT2D eigenvalue weighted by Crippen LogP contribution is 2.41. The van der Waals surface area contributed by atoms with Gasteiger partial charge in [0.05, 0.1) is 0 Å². The summed E-state index contributed by atoms with van der Waals surface area (Å²) in [5.41, 5.74) is 1.19. The Bertz CT molecular complexity index is 741. The molecule has 2 heterocycles. The van der Waals surface area contributed by atoms with E-state index in [1.54, 1.807) is 7.11 Å². The van der Waals surface area contributed by atoms with Crippen LogP contribution < -0.4 is 10.6 Å². The quantitative estimate of drug-likeness (QED) is 0.315. The van der Waals surface area contributed by atoms with Crippen molar-refractivity contribution in [1.29, 1.82) is 0 Å². The molecule has 156 valence electrons. The number of hydrogen-bond acceptors (Lipinski definition) is 4. The summed E-state index contributed by atoms with van der Waals surface area (Å²) in [4.78, 5) is 4.90. The molecule has 0 aromatic carbocycles. The number of nitrogens with zero attached hydrogens (tertiary/aromatic N) is 4. The van der Waals surface area contributed by atoms with Gasteiger partial charge in [-0.15, -0.1) is 34.2 Å². The molecule has 1 aliphatic carbocycles. The van der Waals surface area contributed by atoms with Gasteiger partial charge in [0.1, 0.15) is 5.82 Å². The molecule has 0 atom stereocenters. The maximum atomic E-state index is 5.33. The fourth-order valence-electron chi connectivity index (χ4n) is 3.87. The molecule has 7 nitrogen and oxygen atoms in total. The second-order valence-corrected chi connectivity index (χ2v) is 7.37. The summed E-state index contributed by atoms with van der Waals surface area (Å²) < 4.78 is 7.36. The van der Waals surface area contributed by atoms with E-state index in [4.69, 9.17) is 9.73 Å². The fourth-order valence-corrected chi connectivity index (χ4v) is 3.87. The molecule has 8 heteroatoms. The van der Waals surface area contributed by atoms with Gasteiger partial charge < -0.3 is 15.4 Å². The number of aliphatic imine (C=N–C) groups is 1. The van der Waals surface area contributed by atoms with E-state index >= 15 is 0 Å². The van der Waals surface area contributed by atoms with E-state index in [-0.39, 0.29) is 24.0 Å². The van der Waals surface area contributed by atoms with Gasteiger partial charge >= 0.3 is 0 Å². The van der Waals surface area contributed by atoms with Crippen LogP contribution >= 0.6 is 24.0 Å². The Kier molecular flexibility index (Phi) is 9.43. The van der Waals surface area contributed by atoms with Crippen molar-refractivity contribution in [2.75, 3.05) is 33.4 Å². The minimum Gasteiger partial charge on any atom is -0.385 e. The molecule has 1 fully saturated rings. The Hall–Kier alpha value is -1.42. The summed E-state index contributed by atoms with van der Waals surface area (Å²) in [5, 5.41) is 15.3. The zero-order valence-corrected chi connectivity index (χ0v) is 19.3. The van der Waals surface area contributed by atoms with E-state index in [1.165, 1.54) is 25.7 Å². The molecule has 1 aliphatic rings. The maximum Gasteiger partial charge on any atom is 0.191 e. The zero-order valence-electron chi connectivity index (χ0n) is 17.0. The minimum absolute atomic E-state index is 0. The molecule has 0 unspecified atom stereocenters. The van der Waals surface area contributed by atoms with Crippen LogP contribution in [0.3, 0.4) is 0 Å². The van der Waals surface area contributed by atoms with Gasteiger partial charge in [-0.1, -0.05) is 18.9 Å². The molecule has 3 rings (SSSR count). The molecule has 2 aromatic rings. The summed E-state index contributed by atoms with van der Waals surface area (Å²) in [7, 11) is 1.78. The summed E-state index contributed by atoms with van der Waals surface area (Å²) in [6.45, 7) is 5.40. The fraction of sp³-hybridized carbons (Fsp3) is 0.650. The highest BCUT2D eigenvalue weighted by atomic mass is 127. The van der Waals surface area contributed by atoms with Crippen LogP contribution in [0.5, 0.6) is 0 Å². The predicted molar refractivity (Wildman–Crippen MR) is 123 cm³/mol. The number of methoxy groups -OCH3 is 1.